The molecule has 0 radical (unpaired) electrons. The van der Waals surface area contributed by atoms with Gasteiger partial charge < -0.3 is 5.11 Å². The van der Waals surface area contributed by atoms with Crippen LogP contribution in [0, 0.1) is 0 Å². The molecule has 0 aliphatic carbocycles. The lowest BCUT2D eigenvalue weighted by Gasteiger charge is -2.14. The maximum Gasteiger partial charge on any atom is 0.416 e. The molecule has 0 bridgehead atoms. The van der Waals surface area contributed by atoms with Crippen LogP contribution < -0.4 is 4.72 Å². The first kappa shape index (κ1) is 17.4. The first-order chi connectivity index (χ1) is 9.58. The second-order valence-corrected chi connectivity index (χ2v) is 6.04. The number of alkyl halides is 3. The van der Waals surface area contributed by atoms with Crippen LogP contribution in [0.2, 0.25) is 0 Å². The molecule has 1 rings (SSSR count). The lowest BCUT2D eigenvalue weighted by molar-refractivity contribution is -0.139. The van der Waals surface area contributed by atoms with E-state index < -0.39 is 38.7 Å². The van der Waals surface area contributed by atoms with Gasteiger partial charge in [-0.05, 0) is 30.7 Å². The van der Waals surface area contributed by atoms with Gasteiger partial charge in [0.15, 0.2) is 0 Å². The van der Waals surface area contributed by atoms with Crippen molar-refractivity contribution in [1.29, 1.82) is 0 Å². The quantitative estimate of drug-likeness (QED) is 0.840. The van der Waals surface area contributed by atoms with Gasteiger partial charge in [0.1, 0.15) is 6.04 Å². The first-order valence-electron chi connectivity index (χ1n) is 6.00. The minimum atomic E-state index is -4.57. The Morgan fingerprint density at radius 1 is 1.29 bits per heavy atom. The highest BCUT2D eigenvalue weighted by atomic mass is 32.2. The second-order valence-electron chi connectivity index (χ2n) is 4.32. The molecular formula is C12H14F3NO4S. The monoisotopic (exact) mass is 325 g/mol. The van der Waals surface area contributed by atoms with Gasteiger partial charge in [0.25, 0.3) is 0 Å². The van der Waals surface area contributed by atoms with Gasteiger partial charge in [0.2, 0.25) is 10.0 Å². The number of halogens is 3. The van der Waals surface area contributed by atoms with Gasteiger partial charge in [-0.15, -0.1) is 0 Å². The summed E-state index contributed by atoms with van der Waals surface area (Å²) in [5.41, 5.74) is -0.982. The van der Waals surface area contributed by atoms with Gasteiger partial charge in [0.05, 0.1) is 10.5 Å². The van der Waals surface area contributed by atoms with Crippen molar-refractivity contribution in [2.45, 2.75) is 36.9 Å². The zero-order valence-electron chi connectivity index (χ0n) is 11.0. The fourth-order valence-corrected chi connectivity index (χ4v) is 2.82. The Morgan fingerprint density at radius 2 is 1.81 bits per heavy atom. The molecule has 118 valence electrons. The Labute approximate surface area is 119 Å². The molecule has 9 heteroatoms. The Kier molecular flexibility index (Phi) is 5.35. The van der Waals surface area contributed by atoms with Crippen LogP contribution in [-0.2, 0) is 21.0 Å². The fraction of sp³-hybridized carbons (Fsp3) is 0.417. The van der Waals surface area contributed by atoms with Crippen molar-refractivity contribution < 1.29 is 31.5 Å². The molecule has 0 aromatic heterocycles. The fourth-order valence-electron chi connectivity index (χ4n) is 1.60. The molecule has 1 unspecified atom stereocenters. The van der Waals surface area contributed by atoms with E-state index in [1.807, 2.05) is 4.72 Å². The zero-order valence-corrected chi connectivity index (χ0v) is 11.8. The third-order valence-corrected chi connectivity index (χ3v) is 4.15. The van der Waals surface area contributed by atoms with Gasteiger partial charge in [-0.3, -0.25) is 4.79 Å². The number of rotatable bonds is 6. The van der Waals surface area contributed by atoms with Gasteiger partial charge in [-0.1, -0.05) is 13.3 Å². The summed E-state index contributed by atoms with van der Waals surface area (Å²) in [6.07, 6.45) is -4.05. The van der Waals surface area contributed by atoms with E-state index in [1.54, 1.807) is 6.92 Å². The Hall–Kier alpha value is -1.61. The van der Waals surface area contributed by atoms with Crippen LogP contribution in [0.15, 0.2) is 29.2 Å². The molecule has 1 aromatic carbocycles. The van der Waals surface area contributed by atoms with Crippen LogP contribution in [0.3, 0.4) is 0 Å². The minimum absolute atomic E-state index is 0.0786. The minimum Gasteiger partial charge on any atom is -0.480 e. The average molecular weight is 325 g/mol. The Bertz CT molecular complexity index is 596. The van der Waals surface area contributed by atoms with E-state index >= 15 is 0 Å². The highest BCUT2D eigenvalue weighted by molar-refractivity contribution is 7.89. The molecule has 21 heavy (non-hydrogen) atoms. The average Bonchev–Trinajstić information content (AvgIpc) is 2.37. The molecule has 5 nitrogen and oxygen atoms in total. The third kappa shape index (κ3) is 4.71. The highest BCUT2D eigenvalue weighted by Crippen LogP contribution is 2.29. The van der Waals surface area contributed by atoms with E-state index in [1.165, 1.54) is 0 Å². The van der Waals surface area contributed by atoms with Crippen molar-refractivity contribution in [2.75, 3.05) is 0 Å². The number of hydrogen-bond donors (Lipinski definition) is 2. The molecule has 0 spiro atoms. The molecule has 0 amide bonds. The smallest absolute Gasteiger partial charge is 0.416 e. The SMILES string of the molecule is CCCC(NS(=O)(=O)c1ccc(C(F)(F)F)cc1)C(=O)O. The van der Waals surface area contributed by atoms with E-state index in [4.69, 9.17) is 5.11 Å². The van der Waals surface area contributed by atoms with E-state index in [-0.39, 0.29) is 6.42 Å². The maximum atomic E-state index is 12.4. The molecule has 0 aliphatic rings. The highest BCUT2D eigenvalue weighted by Gasteiger charge is 2.31. The number of sulfonamides is 1. The van der Waals surface area contributed by atoms with E-state index in [9.17, 15) is 26.4 Å². The third-order valence-electron chi connectivity index (χ3n) is 2.66. The summed E-state index contributed by atoms with van der Waals surface area (Å²) in [4.78, 5) is 10.5. The topological polar surface area (TPSA) is 83.5 Å². The standard InChI is InChI=1S/C12H14F3NO4S/c1-2-3-10(11(17)18)16-21(19,20)9-6-4-8(5-7-9)12(13,14)15/h4-7,10,16H,2-3H2,1H3,(H,17,18). The van der Waals surface area contributed by atoms with Crippen molar-refractivity contribution in [3.8, 4) is 0 Å². The van der Waals surface area contributed by atoms with Crippen LogP contribution >= 0.6 is 0 Å². The van der Waals surface area contributed by atoms with E-state index in [2.05, 4.69) is 0 Å². The Morgan fingerprint density at radius 3 is 2.19 bits per heavy atom. The van der Waals surface area contributed by atoms with Gasteiger partial charge in [-0.2, -0.15) is 17.9 Å². The lowest BCUT2D eigenvalue weighted by atomic mass is 10.2. The Balaban J connectivity index is 3.00. The molecular weight excluding hydrogens is 311 g/mol. The van der Waals surface area contributed by atoms with E-state index in [0.29, 0.717) is 18.6 Å². The van der Waals surface area contributed by atoms with Crippen LogP contribution in [-0.4, -0.2) is 25.5 Å². The van der Waals surface area contributed by atoms with Crippen LogP contribution in [0.25, 0.3) is 0 Å². The van der Waals surface area contributed by atoms with Crippen molar-refractivity contribution in [2.24, 2.45) is 0 Å². The predicted octanol–water partition coefficient (Wildman–Crippen LogP) is 2.24. The summed E-state index contributed by atoms with van der Waals surface area (Å²) < 4.78 is 63.0. The number of aliphatic carboxylic acids is 1. The number of benzene rings is 1. The molecule has 0 aliphatic heterocycles. The van der Waals surface area contributed by atoms with Crippen LogP contribution in [0.4, 0.5) is 13.2 Å². The summed E-state index contributed by atoms with van der Waals surface area (Å²) in [7, 11) is -4.19. The van der Waals surface area contributed by atoms with Gasteiger partial charge >= 0.3 is 12.1 Å². The second kappa shape index (κ2) is 6.44. The van der Waals surface area contributed by atoms with Crippen molar-refractivity contribution in [3.05, 3.63) is 29.8 Å². The number of carboxylic acid groups (broad SMARTS) is 1. The maximum absolute atomic E-state index is 12.4. The van der Waals surface area contributed by atoms with Gasteiger partial charge in [0, 0.05) is 0 Å². The molecule has 1 aromatic rings. The molecule has 0 fully saturated rings. The summed E-state index contributed by atoms with van der Waals surface area (Å²) in [5.74, 6) is -1.34. The number of carboxylic acids is 1. The summed E-state index contributed by atoms with van der Waals surface area (Å²) in [6, 6.07) is 1.52. The molecule has 1 atom stereocenters. The zero-order chi connectivity index (χ0) is 16.3. The van der Waals surface area contributed by atoms with Crippen LogP contribution in [0.1, 0.15) is 25.3 Å². The molecule has 0 saturated heterocycles. The number of carbonyl (C=O) groups is 1. The molecule has 0 saturated carbocycles. The largest absolute Gasteiger partial charge is 0.480 e. The summed E-state index contributed by atoms with van der Waals surface area (Å²) >= 11 is 0. The molecule has 2 N–H and O–H groups in total. The normalized spacial score (nSPS) is 13.9. The predicted molar refractivity (Wildman–Crippen MR) is 68.1 cm³/mol. The number of hydrogen-bond acceptors (Lipinski definition) is 3. The first-order valence-corrected chi connectivity index (χ1v) is 7.48. The van der Waals surface area contributed by atoms with Crippen molar-refractivity contribution in [1.82, 2.24) is 4.72 Å². The van der Waals surface area contributed by atoms with Crippen molar-refractivity contribution >= 4 is 16.0 Å². The van der Waals surface area contributed by atoms with Gasteiger partial charge in [-0.25, -0.2) is 8.42 Å². The summed E-state index contributed by atoms with van der Waals surface area (Å²) in [6.45, 7) is 1.68. The van der Waals surface area contributed by atoms with Crippen LogP contribution in [0.5, 0.6) is 0 Å². The van der Waals surface area contributed by atoms with E-state index in [0.717, 1.165) is 12.1 Å². The van der Waals surface area contributed by atoms with Crippen molar-refractivity contribution in [3.63, 3.8) is 0 Å². The lowest BCUT2D eigenvalue weighted by Crippen LogP contribution is -2.40. The number of nitrogens with one attached hydrogen (secondary N) is 1. The summed E-state index contributed by atoms with van der Waals surface area (Å²) in [5, 5.41) is 8.89. The molecule has 0 heterocycles.